The topological polar surface area (TPSA) is 54.9 Å². The van der Waals surface area contributed by atoms with Gasteiger partial charge >= 0.3 is 0 Å². The zero-order valence-electron chi connectivity index (χ0n) is 14.5. The summed E-state index contributed by atoms with van der Waals surface area (Å²) in [5.41, 5.74) is 3.39. The number of nitrogens with one attached hydrogen (secondary N) is 1. The van der Waals surface area contributed by atoms with Crippen LogP contribution in [0.5, 0.6) is 0 Å². The van der Waals surface area contributed by atoms with Crippen molar-refractivity contribution in [2.75, 3.05) is 5.32 Å². The van der Waals surface area contributed by atoms with E-state index in [-0.39, 0.29) is 5.91 Å². The first-order chi connectivity index (χ1) is 10.6. The molecule has 122 valence electrons. The molecule has 0 atom stereocenters. The van der Waals surface area contributed by atoms with Crippen molar-refractivity contribution >= 4 is 23.4 Å². The van der Waals surface area contributed by atoms with Gasteiger partial charge < -0.3 is 5.32 Å². The van der Waals surface area contributed by atoms with Gasteiger partial charge in [0.05, 0.1) is 0 Å². The second kappa shape index (κ2) is 6.71. The van der Waals surface area contributed by atoms with Gasteiger partial charge in [-0.05, 0) is 62.4 Å². The van der Waals surface area contributed by atoms with Gasteiger partial charge in [0, 0.05) is 27.4 Å². The van der Waals surface area contributed by atoms with E-state index >= 15 is 0 Å². The van der Waals surface area contributed by atoms with Crippen LogP contribution in [0, 0.1) is 26.2 Å². The zero-order chi connectivity index (χ0) is 17.2. The van der Waals surface area contributed by atoms with Crippen molar-refractivity contribution in [2.24, 2.45) is 5.41 Å². The number of hydrogen-bond acceptors (Lipinski definition) is 4. The molecule has 0 saturated heterocycles. The molecular weight excluding hydrogens is 306 g/mol. The van der Waals surface area contributed by atoms with Crippen molar-refractivity contribution in [2.45, 2.75) is 51.6 Å². The highest BCUT2D eigenvalue weighted by Gasteiger charge is 2.21. The minimum absolute atomic E-state index is 0.0126. The molecule has 2 rings (SSSR count). The SMILES string of the molecule is Cc1cc(C)nc(Sc2ccc(NC(=O)C(C)(C)C)c(C)c2)n1. The fourth-order valence-electron chi connectivity index (χ4n) is 1.99. The Bertz CT molecular complexity index is 715. The molecular formula is C18H23N3OS. The van der Waals surface area contributed by atoms with Crippen LogP contribution in [-0.4, -0.2) is 15.9 Å². The molecule has 1 aromatic heterocycles. The molecule has 1 aromatic carbocycles. The first kappa shape index (κ1) is 17.5. The molecule has 5 heteroatoms. The minimum atomic E-state index is -0.410. The van der Waals surface area contributed by atoms with E-state index in [0.717, 1.165) is 32.7 Å². The van der Waals surface area contributed by atoms with Crippen LogP contribution >= 0.6 is 11.8 Å². The fraction of sp³-hybridized carbons (Fsp3) is 0.389. The summed E-state index contributed by atoms with van der Waals surface area (Å²) in [5, 5.41) is 3.72. The average Bonchev–Trinajstić information content (AvgIpc) is 2.39. The van der Waals surface area contributed by atoms with E-state index in [1.807, 2.05) is 65.8 Å². The summed E-state index contributed by atoms with van der Waals surface area (Å²) < 4.78 is 0. The van der Waals surface area contributed by atoms with Crippen LogP contribution in [-0.2, 0) is 4.79 Å². The molecule has 4 nitrogen and oxygen atoms in total. The lowest BCUT2D eigenvalue weighted by Crippen LogP contribution is -2.27. The van der Waals surface area contributed by atoms with Crippen LogP contribution in [0.1, 0.15) is 37.7 Å². The molecule has 1 heterocycles. The molecule has 0 aliphatic carbocycles. The molecule has 1 amide bonds. The van der Waals surface area contributed by atoms with Gasteiger partial charge in [-0.2, -0.15) is 0 Å². The summed E-state index contributed by atoms with van der Waals surface area (Å²) in [4.78, 5) is 22.0. The molecule has 0 aliphatic heterocycles. The van der Waals surface area contributed by atoms with E-state index in [1.165, 1.54) is 11.8 Å². The Morgan fingerprint density at radius 3 is 2.17 bits per heavy atom. The number of benzene rings is 1. The Kier molecular flexibility index (Phi) is 5.09. The van der Waals surface area contributed by atoms with Gasteiger partial charge in [0.15, 0.2) is 5.16 Å². The summed E-state index contributed by atoms with van der Waals surface area (Å²) in [6.07, 6.45) is 0. The smallest absolute Gasteiger partial charge is 0.229 e. The number of aryl methyl sites for hydroxylation is 3. The Labute approximate surface area is 142 Å². The maximum atomic E-state index is 12.1. The van der Waals surface area contributed by atoms with Crippen molar-refractivity contribution in [3.8, 4) is 0 Å². The van der Waals surface area contributed by atoms with Gasteiger partial charge in [0.25, 0.3) is 0 Å². The highest BCUT2D eigenvalue weighted by Crippen LogP contribution is 2.29. The van der Waals surface area contributed by atoms with E-state index in [0.29, 0.717) is 0 Å². The van der Waals surface area contributed by atoms with Crippen molar-refractivity contribution < 1.29 is 4.79 Å². The second-order valence-electron chi connectivity index (χ2n) is 6.72. The van der Waals surface area contributed by atoms with E-state index in [2.05, 4.69) is 15.3 Å². The van der Waals surface area contributed by atoms with Crippen LogP contribution in [0.2, 0.25) is 0 Å². The van der Waals surface area contributed by atoms with Gasteiger partial charge in [0.1, 0.15) is 0 Å². The van der Waals surface area contributed by atoms with Crippen LogP contribution in [0.3, 0.4) is 0 Å². The zero-order valence-corrected chi connectivity index (χ0v) is 15.3. The van der Waals surface area contributed by atoms with Gasteiger partial charge in [-0.3, -0.25) is 4.79 Å². The Hall–Kier alpha value is -1.88. The van der Waals surface area contributed by atoms with Gasteiger partial charge in [-0.15, -0.1) is 0 Å². The van der Waals surface area contributed by atoms with E-state index in [9.17, 15) is 4.79 Å². The molecule has 2 aromatic rings. The van der Waals surface area contributed by atoms with E-state index in [4.69, 9.17) is 0 Å². The first-order valence-corrected chi connectivity index (χ1v) is 8.39. The largest absolute Gasteiger partial charge is 0.325 e. The summed E-state index contributed by atoms with van der Waals surface area (Å²) in [7, 11) is 0. The van der Waals surface area contributed by atoms with E-state index in [1.54, 1.807) is 0 Å². The quantitative estimate of drug-likeness (QED) is 0.840. The maximum absolute atomic E-state index is 12.1. The number of aromatic nitrogens is 2. The molecule has 0 spiro atoms. The van der Waals surface area contributed by atoms with Crippen molar-refractivity contribution in [3.05, 3.63) is 41.2 Å². The molecule has 0 aliphatic rings. The summed E-state index contributed by atoms with van der Waals surface area (Å²) in [6, 6.07) is 7.92. The predicted octanol–water partition coefficient (Wildman–Crippen LogP) is 4.54. The summed E-state index contributed by atoms with van der Waals surface area (Å²) in [5.74, 6) is 0.0126. The molecule has 0 fully saturated rings. The van der Waals surface area contributed by atoms with Crippen molar-refractivity contribution in [3.63, 3.8) is 0 Å². The number of anilines is 1. The van der Waals surface area contributed by atoms with E-state index < -0.39 is 5.41 Å². The highest BCUT2D eigenvalue weighted by atomic mass is 32.2. The predicted molar refractivity (Wildman–Crippen MR) is 94.9 cm³/mol. The van der Waals surface area contributed by atoms with Crippen molar-refractivity contribution in [1.82, 2.24) is 9.97 Å². The van der Waals surface area contributed by atoms with Gasteiger partial charge in [-0.1, -0.05) is 20.8 Å². The number of hydrogen-bond donors (Lipinski definition) is 1. The molecule has 0 radical (unpaired) electrons. The third kappa shape index (κ3) is 4.79. The lowest BCUT2D eigenvalue weighted by Gasteiger charge is -2.19. The number of carbonyl (C=O) groups excluding carboxylic acids is 1. The normalized spacial score (nSPS) is 11.4. The highest BCUT2D eigenvalue weighted by molar-refractivity contribution is 7.99. The molecule has 23 heavy (non-hydrogen) atoms. The average molecular weight is 329 g/mol. The number of nitrogens with zero attached hydrogens (tertiary/aromatic N) is 2. The first-order valence-electron chi connectivity index (χ1n) is 7.57. The van der Waals surface area contributed by atoms with Gasteiger partial charge in [0.2, 0.25) is 5.91 Å². The standard InChI is InChI=1S/C18H23N3OS/c1-11-9-14(23-17-19-12(2)10-13(3)20-17)7-8-15(11)21-16(22)18(4,5)6/h7-10H,1-6H3,(H,21,22). The Morgan fingerprint density at radius 1 is 1.04 bits per heavy atom. The molecule has 0 unspecified atom stereocenters. The lowest BCUT2D eigenvalue weighted by molar-refractivity contribution is -0.123. The monoisotopic (exact) mass is 329 g/mol. The van der Waals surface area contributed by atoms with Crippen LogP contribution < -0.4 is 5.32 Å². The summed E-state index contributed by atoms with van der Waals surface area (Å²) >= 11 is 1.53. The fourth-order valence-corrected chi connectivity index (χ4v) is 2.96. The van der Waals surface area contributed by atoms with Crippen LogP contribution in [0.15, 0.2) is 34.3 Å². The molecule has 0 saturated carbocycles. The third-order valence-corrected chi connectivity index (χ3v) is 4.15. The van der Waals surface area contributed by atoms with Crippen molar-refractivity contribution in [1.29, 1.82) is 0 Å². The number of amides is 1. The van der Waals surface area contributed by atoms with Gasteiger partial charge in [-0.25, -0.2) is 9.97 Å². The summed E-state index contributed by atoms with van der Waals surface area (Å²) in [6.45, 7) is 11.6. The lowest BCUT2D eigenvalue weighted by atomic mass is 9.95. The molecule has 1 N–H and O–H groups in total. The Balaban J connectivity index is 2.17. The second-order valence-corrected chi connectivity index (χ2v) is 7.76. The van der Waals surface area contributed by atoms with Crippen LogP contribution in [0.4, 0.5) is 5.69 Å². The Morgan fingerprint density at radius 2 is 1.65 bits per heavy atom. The minimum Gasteiger partial charge on any atom is -0.325 e. The number of rotatable bonds is 3. The third-order valence-electron chi connectivity index (χ3n) is 3.30. The number of carbonyl (C=O) groups is 1. The molecule has 0 bridgehead atoms. The van der Waals surface area contributed by atoms with Crippen LogP contribution in [0.25, 0.3) is 0 Å². The maximum Gasteiger partial charge on any atom is 0.229 e.